The molecular weight excluding hydrogens is 268 g/mol. The molecule has 0 atom stereocenters. The van der Waals surface area contributed by atoms with E-state index in [0.717, 1.165) is 45.0 Å². The minimum absolute atomic E-state index is 0.117. The van der Waals surface area contributed by atoms with Crippen molar-refractivity contribution in [2.75, 3.05) is 53.4 Å². The average Bonchev–Trinajstić information content (AvgIpc) is 2.54. The van der Waals surface area contributed by atoms with Crippen molar-refractivity contribution in [3.8, 4) is 0 Å². The first kappa shape index (κ1) is 15.9. The predicted molar refractivity (Wildman–Crippen MR) is 81.5 cm³/mol. The van der Waals surface area contributed by atoms with Gasteiger partial charge in [0.1, 0.15) is 5.69 Å². The van der Waals surface area contributed by atoms with Crippen molar-refractivity contribution >= 4 is 5.97 Å². The lowest BCUT2D eigenvalue weighted by Crippen LogP contribution is -2.34. The van der Waals surface area contributed by atoms with Crippen LogP contribution in [0.25, 0.3) is 0 Å². The molecule has 1 aromatic heterocycles. The molecule has 0 aliphatic carbocycles. The maximum absolute atomic E-state index is 11.0. The van der Waals surface area contributed by atoms with Gasteiger partial charge in [-0.3, -0.25) is 4.90 Å². The molecule has 2 rings (SSSR count). The van der Waals surface area contributed by atoms with E-state index in [0.29, 0.717) is 6.54 Å². The Hall–Kier alpha value is -1.50. The number of hydrogen-bond acceptors (Lipinski definition) is 5. The Bertz CT molecular complexity index is 466. The van der Waals surface area contributed by atoms with Crippen LogP contribution in [-0.4, -0.2) is 84.1 Å². The van der Waals surface area contributed by atoms with Gasteiger partial charge in [0.15, 0.2) is 0 Å². The van der Waals surface area contributed by atoms with Gasteiger partial charge >= 0.3 is 5.97 Å². The van der Waals surface area contributed by atoms with Gasteiger partial charge in [0, 0.05) is 45.8 Å². The number of carbonyl (C=O) groups is 1. The summed E-state index contributed by atoms with van der Waals surface area (Å²) in [5.41, 5.74) is 0.936. The molecule has 6 heteroatoms. The molecule has 0 unspecified atom stereocenters. The molecule has 2 heterocycles. The minimum Gasteiger partial charge on any atom is -0.477 e. The van der Waals surface area contributed by atoms with Crippen molar-refractivity contribution < 1.29 is 9.90 Å². The van der Waals surface area contributed by atoms with Crippen molar-refractivity contribution in [2.24, 2.45) is 0 Å². The topological polar surface area (TPSA) is 59.9 Å². The third kappa shape index (κ3) is 5.08. The highest BCUT2D eigenvalue weighted by Gasteiger charge is 2.14. The molecule has 116 valence electrons. The van der Waals surface area contributed by atoms with Gasteiger partial charge in [-0.25, -0.2) is 9.78 Å². The summed E-state index contributed by atoms with van der Waals surface area (Å²) >= 11 is 0. The molecule has 0 bridgehead atoms. The molecule has 21 heavy (non-hydrogen) atoms. The summed E-state index contributed by atoms with van der Waals surface area (Å²) in [5, 5.41) is 9.01. The second kappa shape index (κ2) is 7.49. The summed E-state index contributed by atoms with van der Waals surface area (Å²) in [7, 11) is 4.28. The van der Waals surface area contributed by atoms with Crippen LogP contribution in [-0.2, 0) is 6.54 Å². The fraction of sp³-hybridized carbons (Fsp3) is 0.600. The molecule has 0 spiro atoms. The minimum atomic E-state index is -0.971. The van der Waals surface area contributed by atoms with Crippen molar-refractivity contribution in [3.05, 3.63) is 29.6 Å². The van der Waals surface area contributed by atoms with Crippen LogP contribution in [0.2, 0.25) is 0 Å². The van der Waals surface area contributed by atoms with Crippen LogP contribution in [0, 0.1) is 0 Å². The number of aromatic carboxylic acids is 1. The maximum atomic E-state index is 11.0. The van der Waals surface area contributed by atoms with E-state index >= 15 is 0 Å². The Morgan fingerprint density at radius 2 is 1.67 bits per heavy atom. The quantitative estimate of drug-likeness (QED) is 0.873. The molecule has 1 saturated heterocycles. The monoisotopic (exact) mass is 292 g/mol. The average molecular weight is 292 g/mol. The van der Waals surface area contributed by atoms with E-state index in [1.165, 1.54) is 6.07 Å². The van der Waals surface area contributed by atoms with E-state index < -0.39 is 5.97 Å². The van der Waals surface area contributed by atoms with Crippen LogP contribution in [0.3, 0.4) is 0 Å². The summed E-state index contributed by atoms with van der Waals surface area (Å²) in [4.78, 5) is 22.2. The maximum Gasteiger partial charge on any atom is 0.354 e. The van der Waals surface area contributed by atoms with Gasteiger partial charge in [-0.2, -0.15) is 0 Å². The Labute approximate surface area is 126 Å². The largest absolute Gasteiger partial charge is 0.477 e. The van der Waals surface area contributed by atoms with Crippen LogP contribution >= 0.6 is 0 Å². The molecule has 0 amide bonds. The fourth-order valence-corrected chi connectivity index (χ4v) is 2.38. The second-order valence-corrected chi connectivity index (χ2v) is 5.70. The number of aromatic nitrogens is 1. The highest BCUT2D eigenvalue weighted by molar-refractivity contribution is 5.85. The standard InChI is InChI=1S/C15H24N4O2/c1-17-6-7-18(2)9-11-19(10-8-17)12-13-4-3-5-14(16-13)15(20)21/h3-5H,6-12H2,1-2H3,(H,20,21). The van der Waals surface area contributed by atoms with Gasteiger partial charge in [0.2, 0.25) is 0 Å². The first-order chi connectivity index (χ1) is 10.0. The molecule has 6 nitrogen and oxygen atoms in total. The van der Waals surface area contributed by atoms with E-state index in [2.05, 4.69) is 33.8 Å². The fourth-order valence-electron chi connectivity index (χ4n) is 2.38. The van der Waals surface area contributed by atoms with Gasteiger partial charge in [-0.1, -0.05) is 6.07 Å². The number of rotatable bonds is 3. The smallest absolute Gasteiger partial charge is 0.354 e. The highest BCUT2D eigenvalue weighted by atomic mass is 16.4. The summed E-state index contributed by atoms with van der Waals surface area (Å²) in [6, 6.07) is 5.19. The highest BCUT2D eigenvalue weighted by Crippen LogP contribution is 2.06. The van der Waals surface area contributed by atoms with E-state index in [4.69, 9.17) is 5.11 Å². The third-order valence-corrected chi connectivity index (χ3v) is 3.87. The summed E-state index contributed by atoms with van der Waals surface area (Å²) < 4.78 is 0. The number of hydrogen-bond donors (Lipinski definition) is 1. The lowest BCUT2D eigenvalue weighted by Gasteiger charge is -2.23. The van der Waals surface area contributed by atoms with E-state index in [1.807, 2.05) is 6.07 Å². The van der Waals surface area contributed by atoms with Gasteiger partial charge in [0.05, 0.1) is 5.69 Å². The van der Waals surface area contributed by atoms with E-state index in [9.17, 15) is 4.79 Å². The lowest BCUT2D eigenvalue weighted by molar-refractivity contribution is 0.0690. The van der Waals surface area contributed by atoms with Crippen molar-refractivity contribution in [1.29, 1.82) is 0 Å². The number of nitrogens with zero attached hydrogens (tertiary/aromatic N) is 4. The lowest BCUT2D eigenvalue weighted by atomic mass is 10.2. The summed E-state index contributed by atoms with van der Waals surface area (Å²) in [6.45, 7) is 6.85. The Balaban J connectivity index is 2.02. The molecule has 0 radical (unpaired) electrons. The normalized spacial score (nSPS) is 19.7. The zero-order chi connectivity index (χ0) is 15.2. The molecule has 0 saturated carbocycles. The van der Waals surface area contributed by atoms with Gasteiger partial charge in [0.25, 0.3) is 0 Å². The van der Waals surface area contributed by atoms with Gasteiger partial charge in [-0.05, 0) is 26.2 Å². The Morgan fingerprint density at radius 3 is 2.24 bits per heavy atom. The van der Waals surface area contributed by atoms with Crippen molar-refractivity contribution in [2.45, 2.75) is 6.54 Å². The zero-order valence-electron chi connectivity index (χ0n) is 12.8. The molecule has 1 aromatic rings. The van der Waals surface area contributed by atoms with Crippen LogP contribution in [0.1, 0.15) is 16.2 Å². The van der Waals surface area contributed by atoms with Crippen LogP contribution in [0.5, 0.6) is 0 Å². The molecule has 1 aliphatic heterocycles. The van der Waals surface area contributed by atoms with Gasteiger partial charge in [-0.15, -0.1) is 0 Å². The first-order valence-electron chi connectivity index (χ1n) is 7.33. The summed E-state index contributed by atoms with van der Waals surface area (Å²) in [5.74, 6) is -0.971. The van der Waals surface area contributed by atoms with Crippen LogP contribution in [0.15, 0.2) is 18.2 Å². The number of carboxylic acids is 1. The Kier molecular flexibility index (Phi) is 5.67. The molecular formula is C15H24N4O2. The van der Waals surface area contributed by atoms with Gasteiger partial charge < -0.3 is 14.9 Å². The third-order valence-electron chi connectivity index (χ3n) is 3.87. The molecule has 1 fully saturated rings. The van der Waals surface area contributed by atoms with Crippen LogP contribution < -0.4 is 0 Å². The first-order valence-corrected chi connectivity index (χ1v) is 7.33. The Morgan fingerprint density at radius 1 is 1.10 bits per heavy atom. The van der Waals surface area contributed by atoms with E-state index in [-0.39, 0.29) is 5.69 Å². The molecule has 1 N–H and O–H groups in total. The number of likely N-dealkylation sites (N-methyl/N-ethyl adjacent to an activating group) is 2. The second-order valence-electron chi connectivity index (χ2n) is 5.70. The molecule has 1 aliphatic rings. The molecule has 0 aromatic carbocycles. The predicted octanol–water partition coefficient (Wildman–Crippen LogP) is 0.459. The number of carboxylic acid groups (broad SMARTS) is 1. The zero-order valence-corrected chi connectivity index (χ0v) is 12.8. The summed E-state index contributed by atoms with van der Waals surface area (Å²) in [6.07, 6.45) is 0. The SMILES string of the molecule is CN1CCN(C)CCN(Cc2cccc(C(=O)O)n2)CC1. The number of pyridine rings is 1. The van der Waals surface area contributed by atoms with Crippen LogP contribution in [0.4, 0.5) is 0 Å². The van der Waals surface area contributed by atoms with Crippen molar-refractivity contribution in [3.63, 3.8) is 0 Å². The van der Waals surface area contributed by atoms with Crippen molar-refractivity contribution in [1.82, 2.24) is 19.7 Å². The van der Waals surface area contributed by atoms with E-state index in [1.54, 1.807) is 6.07 Å².